The van der Waals surface area contributed by atoms with Gasteiger partial charge in [-0.3, -0.25) is 9.59 Å². The van der Waals surface area contributed by atoms with Crippen LogP contribution in [0.2, 0.25) is 0 Å². The van der Waals surface area contributed by atoms with Crippen LogP contribution < -0.4 is 0 Å². The number of aryl methyl sites for hydroxylation is 1. The summed E-state index contributed by atoms with van der Waals surface area (Å²) in [4.78, 5) is 22.8. The maximum atomic E-state index is 12.1. The Balaban J connectivity index is 2.30. The van der Waals surface area contributed by atoms with Crippen LogP contribution in [0.15, 0.2) is 24.3 Å². The first-order valence-electron chi connectivity index (χ1n) is 5.52. The summed E-state index contributed by atoms with van der Waals surface area (Å²) >= 11 is 0. The molecule has 1 aliphatic carbocycles. The Kier molecular flexibility index (Phi) is 3.04. The summed E-state index contributed by atoms with van der Waals surface area (Å²) in [5.74, 6) is -1.24. The Morgan fingerprint density at radius 3 is 2.88 bits per heavy atom. The van der Waals surface area contributed by atoms with E-state index in [0.717, 1.165) is 18.4 Å². The smallest absolute Gasteiger partial charge is 0.304 e. The van der Waals surface area contributed by atoms with Gasteiger partial charge in [-0.25, -0.2) is 0 Å². The minimum absolute atomic E-state index is 0.00417. The van der Waals surface area contributed by atoms with Gasteiger partial charge < -0.3 is 5.11 Å². The first kappa shape index (κ1) is 10.9. The maximum absolute atomic E-state index is 12.1. The van der Waals surface area contributed by atoms with Gasteiger partial charge in [0.2, 0.25) is 0 Å². The first-order chi connectivity index (χ1) is 7.68. The van der Waals surface area contributed by atoms with Gasteiger partial charge >= 0.3 is 5.97 Å². The number of hydrogen-bond donors (Lipinski definition) is 1. The molecule has 3 nitrogen and oxygen atoms in total. The maximum Gasteiger partial charge on any atom is 0.304 e. The summed E-state index contributed by atoms with van der Waals surface area (Å²) in [5, 5.41) is 8.77. The van der Waals surface area contributed by atoms with Gasteiger partial charge in [0.15, 0.2) is 5.78 Å². The summed E-state index contributed by atoms with van der Waals surface area (Å²) in [6, 6.07) is 7.51. The van der Waals surface area contributed by atoms with Gasteiger partial charge in [0, 0.05) is 11.5 Å². The Morgan fingerprint density at radius 1 is 1.38 bits per heavy atom. The molecule has 0 saturated carbocycles. The van der Waals surface area contributed by atoms with Gasteiger partial charge in [-0.05, 0) is 24.8 Å². The summed E-state index contributed by atoms with van der Waals surface area (Å²) in [6.45, 7) is 0. The topological polar surface area (TPSA) is 54.4 Å². The molecule has 0 saturated heterocycles. The van der Waals surface area contributed by atoms with Crippen molar-refractivity contribution in [3.63, 3.8) is 0 Å². The van der Waals surface area contributed by atoms with Crippen LogP contribution in [0.25, 0.3) is 0 Å². The second-order valence-electron chi connectivity index (χ2n) is 4.21. The fraction of sp³-hybridized carbons (Fsp3) is 0.385. The predicted molar refractivity (Wildman–Crippen MR) is 59.5 cm³/mol. The molecule has 3 heteroatoms. The first-order valence-corrected chi connectivity index (χ1v) is 5.52. The molecule has 1 aromatic rings. The van der Waals surface area contributed by atoms with E-state index in [4.69, 9.17) is 5.11 Å². The second kappa shape index (κ2) is 4.47. The third-order valence-corrected chi connectivity index (χ3v) is 3.07. The van der Waals surface area contributed by atoms with Gasteiger partial charge in [0.25, 0.3) is 0 Å². The minimum atomic E-state index is -0.891. The predicted octanol–water partition coefficient (Wildman–Crippen LogP) is 2.30. The number of rotatable bonds is 2. The van der Waals surface area contributed by atoms with E-state index in [1.165, 1.54) is 0 Å². The summed E-state index contributed by atoms with van der Waals surface area (Å²) in [6.07, 6.45) is 2.39. The van der Waals surface area contributed by atoms with Crippen molar-refractivity contribution in [3.05, 3.63) is 35.4 Å². The number of carboxylic acid groups (broad SMARTS) is 1. The number of carbonyl (C=O) groups excluding carboxylic acids is 1. The van der Waals surface area contributed by atoms with Crippen molar-refractivity contribution in [2.75, 3.05) is 0 Å². The standard InChI is InChI=1S/C13H14O3/c14-12(15)8-10-6-3-5-9-4-1-2-7-11(9)13(10)16/h1-2,4,7,10H,3,5-6,8H2,(H,14,15)/t10-/m1/s1. The van der Waals surface area contributed by atoms with Crippen LogP contribution in [-0.2, 0) is 11.2 Å². The van der Waals surface area contributed by atoms with Crippen molar-refractivity contribution in [3.8, 4) is 0 Å². The number of fused-ring (bicyclic) bond motifs is 1. The molecule has 1 aliphatic rings. The van der Waals surface area contributed by atoms with Crippen LogP contribution in [0.4, 0.5) is 0 Å². The fourth-order valence-electron chi connectivity index (χ4n) is 2.27. The van der Waals surface area contributed by atoms with E-state index in [2.05, 4.69) is 0 Å². The van der Waals surface area contributed by atoms with Crippen molar-refractivity contribution in [1.82, 2.24) is 0 Å². The van der Waals surface area contributed by atoms with Crippen molar-refractivity contribution < 1.29 is 14.7 Å². The van der Waals surface area contributed by atoms with Crippen LogP contribution >= 0.6 is 0 Å². The van der Waals surface area contributed by atoms with Crippen molar-refractivity contribution >= 4 is 11.8 Å². The van der Waals surface area contributed by atoms with E-state index in [1.807, 2.05) is 18.2 Å². The number of ketones is 1. The minimum Gasteiger partial charge on any atom is -0.481 e. The molecular weight excluding hydrogens is 204 g/mol. The second-order valence-corrected chi connectivity index (χ2v) is 4.21. The molecule has 1 aromatic carbocycles. The number of aliphatic carboxylic acids is 1. The van der Waals surface area contributed by atoms with E-state index in [9.17, 15) is 9.59 Å². The normalized spacial score (nSPS) is 20.0. The van der Waals surface area contributed by atoms with E-state index >= 15 is 0 Å². The highest BCUT2D eigenvalue weighted by Crippen LogP contribution is 2.26. The molecule has 0 radical (unpaired) electrons. The Labute approximate surface area is 94.1 Å². The number of carboxylic acids is 1. The van der Waals surface area contributed by atoms with Crippen LogP contribution in [0, 0.1) is 5.92 Å². The highest BCUT2D eigenvalue weighted by atomic mass is 16.4. The third kappa shape index (κ3) is 2.13. The zero-order valence-corrected chi connectivity index (χ0v) is 8.98. The van der Waals surface area contributed by atoms with E-state index in [1.54, 1.807) is 6.07 Å². The number of carbonyl (C=O) groups is 2. The molecule has 16 heavy (non-hydrogen) atoms. The largest absolute Gasteiger partial charge is 0.481 e. The Hall–Kier alpha value is -1.64. The number of hydrogen-bond acceptors (Lipinski definition) is 2. The van der Waals surface area contributed by atoms with Crippen molar-refractivity contribution in [2.45, 2.75) is 25.7 Å². The lowest BCUT2D eigenvalue weighted by Gasteiger charge is -2.10. The molecular formula is C13H14O3. The van der Waals surface area contributed by atoms with Crippen molar-refractivity contribution in [1.29, 1.82) is 0 Å². The lowest BCUT2D eigenvalue weighted by molar-refractivity contribution is -0.137. The highest BCUT2D eigenvalue weighted by molar-refractivity contribution is 6.00. The molecule has 0 aliphatic heterocycles. The van der Waals surface area contributed by atoms with Crippen LogP contribution in [0.3, 0.4) is 0 Å². The zero-order chi connectivity index (χ0) is 11.5. The average molecular weight is 218 g/mol. The number of Topliss-reactive ketones (excluding diaryl/α,β-unsaturated/α-hetero) is 1. The SMILES string of the molecule is O=C(O)C[C@H]1CCCc2ccccc2C1=O. The molecule has 1 N–H and O–H groups in total. The van der Waals surface area contributed by atoms with Gasteiger partial charge in [-0.15, -0.1) is 0 Å². The molecule has 0 bridgehead atoms. The molecule has 2 rings (SSSR count). The summed E-state index contributed by atoms with van der Waals surface area (Å²) in [7, 11) is 0. The molecule has 0 amide bonds. The molecule has 1 atom stereocenters. The molecule has 0 aromatic heterocycles. The summed E-state index contributed by atoms with van der Waals surface area (Å²) < 4.78 is 0. The van der Waals surface area contributed by atoms with E-state index < -0.39 is 5.97 Å². The molecule has 0 unspecified atom stereocenters. The molecule has 0 fully saturated rings. The molecule has 0 spiro atoms. The summed E-state index contributed by atoms with van der Waals surface area (Å²) in [5.41, 5.74) is 1.77. The lowest BCUT2D eigenvalue weighted by Crippen LogP contribution is -2.17. The monoisotopic (exact) mass is 218 g/mol. The van der Waals surface area contributed by atoms with Gasteiger partial charge in [0.05, 0.1) is 6.42 Å². The van der Waals surface area contributed by atoms with Crippen LogP contribution in [0.5, 0.6) is 0 Å². The lowest BCUT2D eigenvalue weighted by atomic mass is 9.92. The fourth-order valence-corrected chi connectivity index (χ4v) is 2.27. The zero-order valence-electron chi connectivity index (χ0n) is 8.98. The molecule has 0 heterocycles. The van der Waals surface area contributed by atoms with Crippen LogP contribution in [-0.4, -0.2) is 16.9 Å². The van der Waals surface area contributed by atoms with Gasteiger partial charge in [0.1, 0.15) is 0 Å². The third-order valence-electron chi connectivity index (χ3n) is 3.07. The van der Waals surface area contributed by atoms with Crippen LogP contribution in [0.1, 0.15) is 35.2 Å². The van der Waals surface area contributed by atoms with E-state index in [0.29, 0.717) is 12.0 Å². The van der Waals surface area contributed by atoms with Gasteiger partial charge in [-0.1, -0.05) is 24.3 Å². The quantitative estimate of drug-likeness (QED) is 0.775. The van der Waals surface area contributed by atoms with E-state index in [-0.39, 0.29) is 18.1 Å². The van der Waals surface area contributed by atoms with Crippen molar-refractivity contribution in [2.24, 2.45) is 5.92 Å². The Bertz CT molecular complexity index is 423. The highest BCUT2D eigenvalue weighted by Gasteiger charge is 2.26. The molecule has 84 valence electrons. The average Bonchev–Trinajstić information content (AvgIpc) is 2.40. The Morgan fingerprint density at radius 2 is 2.12 bits per heavy atom. The van der Waals surface area contributed by atoms with Gasteiger partial charge in [-0.2, -0.15) is 0 Å². The number of benzene rings is 1.